The fourth-order valence-corrected chi connectivity index (χ4v) is 2.71. The van der Waals surface area contributed by atoms with E-state index in [2.05, 4.69) is 5.32 Å². The number of anilines is 1. The zero-order chi connectivity index (χ0) is 15.4. The number of hydrogen-bond acceptors (Lipinski definition) is 4. The first-order chi connectivity index (χ1) is 9.99. The topological polar surface area (TPSA) is 75.5 Å². The standard InChI is InChI=1S/C13H15FIN3O3/c14-9-6-11(12(18(20)21)7-10(9)15)16-8-13(19)17-4-2-1-3-5-17/h6-7,16H,1-5,8H2. The Labute approximate surface area is 135 Å². The number of nitro groups is 1. The number of likely N-dealkylation sites (tertiary alicyclic amines) is 1. The lowest BCUT2D eigenvalue weighted by atomic mass is 10.1. The average molecular weight is 407 g/mol. The lowest BCUT2D eigenvalue weighted by molar-refractivity contribution is -0.384. The summed E-state index contributed by atoms with van der Waals surface area (Å²) in [6.07, 6.45) is 3.07. The zero-order valence-corrected chi connectivity index (χ0v) is 13.4. The summed E-state index contributed by atoms with van der Waals surface area (Å²) in [5.41, 5.74) is -0.199. The van der Waals surface area contributed by atoms with E-state index in [1.54, 1.807) is 27.5 Å². The minimum atomic E-state index is -0.588. The molecule has 6 nitrogen and oxygen atoms in total. The highest BCUT2D eigenvalue weighted by molar-refractivity contribution is 14.1. The fourth-order valence-electron chi connectivity index (χ4n) is 2.25. The zero-order valence-electron chi connectivity index (χ0n) is 11.3. The SMILES string of the molecule is O=C(CNc1cc(F)c(I)cc1[N+](=O)[O-])N1CCCCC1. The van der Waals surface area contributed by atoms with Gasteiger partial charge in [0.05, 0.1) is 15.0 Å². The third kappa shape index (κ3) is 4.02. The molecule has 1 heterocycles. The molecular formula is C13H15FIN3O3. The van der Waals surface area contributed by atoms with Crippen LogP contribution in [0.1, 0.15) is 19.3 Å². The molecule has 1 saturated heterocycles. The van der Waals surface area contributed by atoms with Gasteiger partial charge in [-0.1, -0.05) is 0 Å². The summed E-state index contributed by atoms with van der Waals surface area (Å²) in [6, 6.07) is 2.22. The van der Waals surface area contributed by atoms with Gasteiger partial charge in [0, 0.05) is 25.2 Å². The maximum atomic E-state index is 13.5. The Hall–Kier alpha value is -1.45. The Bertz CT molecular complexity index is 562. The van der Waals surface area contributed by atoms with Crippen molar-refractivity contribution < 1.29 is 14.1 Å². The molecule has 1 fully saturated rings. The van der Waals surface area contributed by atoms with Crippen LogP contribution in [0.2, 0.25) is 0 Å². The first kappa shape index (κ1) is 15.9. The van der Waals surface area contributed by atoms with Gasteiger partial charge in [0.1, 0.15) is 11.5 Å². The predicted octanol–water partition coefficient (Wildman–Crippen LogP) is 2.76. The molecule has 0 aliphatic carbocycles. The molecule has 1 aliphatic rings. The van der Waals surface area contributed by atoms with Crippen molar-refractivity contribution in [2.75, 3.05) is 25.0 Å². The molecule has 0 aromatic heterocycles. The van der Waals surface area contributed by atoms with Crippen molar-refractivity contribution in [2.45, 2.75) is 19.3 Å². The largest absolute Gasteiger partial charge is 0.370 e. The Morgan fingerprint density at radius 3 is 2.67 bits per heavy atom. The van der Waals surface area contributed by atoms with Crippen molar-refractivity contribution in [2.24, 2.45) is 0 Å². The number of benzene rings is 1. The van der Waals surface area contributed by atoms with Crippen LogP contribution in [0, 0.1) is 19.5 Å². The number of nitrogens with zero attached hydrogens (tertiary/aromatic N) is 2. The van der Waals surface area contributed by atoms with E-state index in [9.17, 15) is 19.3 Å². The first-order valence-electron chi connectivity index (χ1n) is 6.64. The van der Waals surface area contributed by atoms with E-state index in [0.717, 1.165) is 31.4 Å². The predicted molar refractivity (Wildman–Crippen MR) is 84.7 cm³/mol. The number of nitro benzene ring substituents is 1. The van der Waals surface area contributed by atoms with Crippen LogP contribution in [0.4, 0.5) is 15.8 Å². The van der Waals surface area contributed by atoms with E-state index in [4.69, 9.17) is 0 Å². The van der Waals surface area contributed by atoms with Crippen LogP contribution in [0.5, 0.6) is 0 Å². The summed E-state index contributed by atoms with van der Waals surface area (Å²) in [5.74, 6) is -0.669. The van der Waals surface area contributed by atoms with E-state index in [1.807, 2.05) is 0 Å². The van der Waals surface area contributed by atoms with Crippen LogP contribution < -0.4 is 5.32 Å². The van der Waals surface area contributed by atoms with Crippen LogP contribution in [0.25, 0.3) is 0 Å². The number of hydrogen-bond donors (Lipinski definition) is 1. The highest BCUT2D eigenvalue weighted by Gasteiger charge is 2.20. The Kier molecular flexibility index (Phi) is 5.32. The number of halogens is 2. The summed E-state index contributed by atoms with van der Waals surface area (Å²) < 4.78 is 13.7. The van der Waals surface area contributed by atoms with Crippen molar-refractivity contribution in [3.8, 4) is 0 Å². The molecule has 0 bridgehead atoms. The normalized spacial score (nSPS) is 14.9. The highest BCUT2D eigenvalue weighted by Crippen LogP contribution is 2.28. The number of carbonyl (C=O) groups is 1. The average Bonchev–Trinajstić information content (AvgIpc) is 2.48. The lowest BCUT2D eigenvalue weighted by Crippen LogP contribution is -2.39. The van der Waals surface area contributed by atoms with Gasteiger partial charge in [-0.15, -0.1) is 0 Å². The number of rotatable bonds is 4. The molecule has 0 saturated carbocycles. The maximum absolute atomic E-state index is 13.5. The smallest absolute Gasteiger partial charge is 0.293 e. The third-order valence-corrected chi connectivity index (χ3v) is 4.20. The van der Waals surface area contributed by atoms with Gasteiger partial charge in [-0.25, -0.2) is 4.39 Å². The first-order valence-corrected chi connectivity index (χ1v) is 7.72. The molecule has 0 unspecified atom stereocenters. The second-order valence-electron chi connectivity index (χ2n) is 4.84. The number of carbonyl (C=O) groups excluding carboxylic acids is 1. The van der Waals surface area contributed by atoms with Crippen molar-refractivity contribution in [3.05, 3.63) is 31.6 Å². The summed E-state index contributed by atoms with van der Waals surface area (Å²) >= 11 is 1.69. The molecule has 114 valence electrons. The maximum Gasteiger partial charge on any atom is 0.293 e. The molecule has 2 rings (SSSR count). The van der Waals surface area contributed by atoms with Gasteiger partial charge in [-0.05, 0) is 41.9 Å². The number of amides is 1. The van der Waals surface area contributed by atoms with Crippen LogP contribution in [0.3, 0.4) is 0 Å². The van der Waals surface area contributed by atoms with E-state index < -0.39 is 10.7 Å². The molecule has 1 aromatic carbocycles. The second-order valence-corrected chi connectivity index (χ2v) is 6.00. The van der Waals surface area contributed by atoms with E-state index >= 15 is 0 Å². The summed E-state index contributed by atoms with van der Waals surface area (Å²) in [6.45, 7) is 1.36. The van der Waals surface area contributed by atoms with Crippen molar-refractivity contribution in [1.82, 2.24) is 4.90 Å². The van der Waals surface area contributed by atoms with Gasteiger partial charge in [0.2, 0.25) is 5.91 Å². The van der Waals surface area contributed by atoms with Crippen LogP contribution in [-0.2, 0) is 4.79 Å². The molecule has 1 aromatic rings. The third-order valence-electron chi connectivity index (χ3n) is 3.37. The molecular weight excluding hydrogens is 392 g/mol. The van der Waals surface area contributed by atoms with E-state index in [1.165, 1.54) is 0 Å². The highest BCUT2D eigenvalue weighted by atomic mass is 127. The van der Waals surface area contributed by atoms with Crippen molar-refractivity contribution in [1.29, 1.82) is 0 Å². The molecule has 0 spiro atoms. The Morgan fingerprint density at radius 2 is 2.05 bits per heavy atom. The fraction of sp³-hybridized carbons (Fsp3) is 0.462. The quantitative estimate of drug-likeness (QED) is 0.473. The van der Waals surface area contributed by atoms with Gasteiger partial charge in [0.15, 0.2) is 0 Å². The molecule has 21 heavy (non-hydrogen) atoms. The van der Waals surface area contributed by atoms with Crippen LogP contribution in [-0.4, -0.2) is 35.4 Å². The van der Waals surface area contributed by atoms with Crippen molar-refractivity contribution in [3.63, 3.8) is 0 Å². The minimum Gasteiger partial charge on any atom is -0.370 e. The molecule has 0 radical (unpaired) electrons. The lowest BCUT2D eigenvalue weighted by Gasteiger charge is -2.26. The molecule has 1 N–H and O–H groups in total. The molecule has 1 aliphatic heterocycles. The summed E-state index contributed by atoms with van der Waals surface area (Å²) in [5, 5.41) is 13.7. The second kappa shape index (κ2) is 7.01. The van der Waals surface area contributed by atoms with Gasteiger partial charge in [-0.2, -0.15) is 0 Å². The van der Waals surface area contributed by atoms with Crippen molar-refractivity contribution >= 4 is 39.9 Å². The molecule has 0 atom stereocenters. The number of piperidine rings is 1. The number of nitrogens with one attached hydrogen (secondary N) is 1. The Morgan fingerprint density at radius 1 is 1.38 bits per heavy atom. The van der Waals surface area contributed by atoms with E-state index in [-0.39, 0.29) is 27.4 Å². The molecule has 8 heteroatoms. The van der Waals surface area contributed by atoms with Crippen LogP contribution in [0.15, 0.2) is 12.1 Å². The minimum absolute atomic E-state index is 0.0308. The monoisotopic (exact) mass is 407 g/mol. The Balaban J connectivity index is 2.06. The summed E-state index contributed by atoms with van der Waals surface area (Å²) in [7, 11) is 0. The van der Waals surface area contributed by atoms with Gasteiger partial charge < -0.3 is 10.2 Å². The van der Waals surface area contributed by atoms with Gasteiger partial charge in [0.25, 0.3) is 5.69 Å². The van der Waals surface area contributed by atoms with Gasteiger partial charge >= 0.3 is 0 Å². The molecule has 1 amide bonds. The van der Waals surface area contributed by atoms with Crippen LogP contribution >= 0.6 is 22.6 Å². The van der Waals surface area contributed by atoms with Gasteiger partial charge in [-0.3, -0.25) is 14.9 Å². The summed E-state index contributed by atoms with van der Waals surface area (Å²) in [4.78, 5) is 24.1. The van der Waals surface area contributed by atoms with E-state index in [0.29, 0.717) is 13.1 Å².